The highest BCUT2D eigenvalue weighted by molar-refractivity contribution is 7.99. The molecule has 2 aromatic carbocycles. The van der Waals surface area contributed by atoms with Crippen molar-refractivity contribution in [1.29, 1.82) is 0 Å². The summed E-state index contributed by atoms with van der Waals surface area (Å²) < 4.78 is 30.0. The Morgan fingerprint density at radius 3 is 2.30 bits per heavy atom. The Bertz CT molecular complexity index is 1370. The molecule has 1 saturated heterocycles. The number of nitrogens with one attached hydrogen (secondary N) is 1. The van der Waals surface area contributed by atoms with Gasteiger partial charge in [-0.2, -0.15) is 4.31 Å². The molecule has 2 heterocycles. The van der Waals surface area contributed by atoms with Gasteiger partial charge in [0.15, 0.2) is 11.0 Å². The highest BCUT2D eigenvalue weighted by Crippen LogP contribution is 2.28. The second-order valence-electron chi connectivity index (χ2n) is 10.9. The average molecular weight is 585 g/mol. The molecule has 1 amide bonds. The van der Waals surface area contributed by atoms with Crippen LogP contribution >= 0.6 is 11.8 Å². The van der Waals surface area contributed by atoms with Gasteiger partial charge in [-0.1, -0.05) is 62.9 Å². The molecule has 1 aromatic heterocycles. The Kier molecular flexibility index (Phi) is 10.0. The topological polar surface area (TPSA) is 100 Å². The predicted octanol–water partition coefficient (Wildman–Crippen LogP) is 4.74. The maximum atomic E-state index is 13.2. The Labute approximate surface area is 242 Å². The number of carbonyl (C=O) groups excluding carboxylic acids is 1. The molecular formula is C29H40N6O3S2. The molecule has 11 heteroatoms. The number of carbonyl (C=O) groups is 1. The van der Waals surface area contributed by atoms with Gasteiger partial charge in [0.05, 0.1) is 23.2 Å². The number of amides is 1. The zero-order chi connectivity index (χ0) is 28.9. The lowest BCUT2D eigenvalue weighted by Gasteiger charge is -2.34. The first-order chi connectivity index (χ1) is 19.1. The van der Waals surface area contributed by atoms with Crippen LogP contribution in [-0.2, 0) is 21.4 Å². The molecule has 0 aliphatic carbocycles. The van der Waals surface area contributed by atoms with E-state index in [4.69, 9.17) is 0 Å². The first-order valence-corrected chi connectivity index (χ1v) is 16.2. The van der Waals surface area contributed by atoms with Crippen molar-refractivity contribution in [3.05, 3.63) is 66.0 Å². The number of anilines is 1. The zero-order valence-corrected chi connectivity index (χ0v) is 25.6. The number of piperidine rings is 1. The molecule has 0 saturated carbocycles. The molecule has 216 valence electrons. The van der Waals surface area contributed by atoms with Crippen LogP contribution in [0.5, 0.6) is 0 Å². The summed E-state index contributed by atoms with van der Waals surface area (Å²) in [4.78, 5) is 15.2. The third kappa shape index (κ3) is 7.31. The molecule has 1 aliphatic heterocycles. The first kappa shape index (κ1) is 30.2. The fourth-order valence-electron chi connectivity index (χ4n) is 5.34. The predicted molar refractivity (Wildman–Crippen MR) is 160 cm³/mol. The quantitative estimate of drug-likeness (QED) is 0.325. The Morgan fingerprint density at radius 1 is 1.05 bits per heavy atom. The van der Waals surface area contributed by atoms with Crippen molar-refractivity contribution in [2.45, 2.75) is 56.3 Å². The number of aromatic nitrogens is 3. The van der Waals surface area contributed by atoms with E-state index in [1.165, 1.54) is 11.8 Å². The van der Waals surface area contributed by atoms with Gasteiger partial charge in [-0.3, -0.25) is 9.69 Å². The summed E-state index contributed by atoms with van der Waals surface area (Å²) in [6.45, 7) is 7.98. The van der Waals surface area contributed by atoms with E-state index in [-0.39, 0.29) is 22.6 Å². The molecule has 0 unspecified atom stereocenters. The van der Waals surface area contributed by atoms with E-state index in [2.05, 4.69) is 57.9 Å². The Balaban J connectivity index is 1.42. The highest BCUT2D eigenvalue weighted by atomic mass is 32.2. The van der Waals surface area contributed by atoms with E-state index in [9.17, 15) is 13.2 Å². The summed E-state index contributed by atoms with van der Waals surface area (Å²) in [7, 11) is 0.488. The van der Waals surface area contributed by atoms with Crippen molar-refractivity contribution in [3.63, 3.8) is 0 Å². The molecule has 3 aromatic rings. The lowest BCUT2D eigenvalue weighted by Crippen LogP contribution is -2.42. The number of benzene rings is 2. The molecule has 0 radical (unpaired) electrons. The molecule has 1 N–H and O–H groups in total. The number of thioether (sulfide) groups is 1. The number of hydrogen-bond donors (Lipinski definition) is 1. The van der Waals surface area contributed by atoms with E-state index in [1.807, 2.05) is 32.3 Å². The molecule has 0 spiro atoms. The fourth-order valence-corrected chi connectivity index (χ4v) is 7.76. The van der Waals surface area contributed by atoms with Gasteiger partial charge in [-0.05, 0) is 68.6 Å². The van der Waals surface area contributed by atoms with Crippen LogP contribution in [0.1, 0.15) is 51.0 Å². The fraction of sp³-hybridized carbons (Fsp3) is 0.483. The second-order valence-corrected chi connectivity index (χ2v) is 13.8. The first-order valence-electron chi connectivity index (χ1n) is 13.7. The van der Waals surface area contributed by atoms with Crippen molar-refractivity contribution in [1.82, 2.24) is 24.0 Å². The Hall–Kier alpha value is -2.73. The van der Waals surface area contributed by atoms with Crippen LogP contribution in [-0.4, -0.2) is 71.2 Å². The van der Waals surface area contributed by atoms with Gasteiger partial charge in [0.25, 0.3) is 0 Å². The van der Waals surface area contributed by atoms with Crippen LogP contribution in [0.3, 0.4) is 0 Å². The minimum absolute atomic E-state index is 0.102. The lowest BCUT2D eigenvalue weighted by molar-refractivity contribution is -0.113. The van der Waals surface area contributed by atoms with Crippen LogP contribution in [0.15, 0.2) is 64.6 Å². The molecule has 1 fully saturated rings. The SMILES string of the molecule is CC[C@H](c1nnc(SCC(=O)Nc2ccc(S(=O)(=O)N3C[C@@H](C)C[C@H](C)C3)cc2)n1Cc1ccccc1)N(C)C. The van der Waals surface area contributed by atoms with Gasteiger partial charge in [0.2, 0.25) is 15.9 Å². The third-order valence-corrected chi connectivity index (χ3v) is 9.99. The minimum atomic E-state index is -3.57. The molecule has 4 rings (SSSR count). The van der Waals surface area contributed by atoms with E-state index < -0.39 is 10.0 Å². The summed E-state index contributed by atoms with van der Waals surface area (Å²) >= 11 is 1.34. The van der Waals surface area contributed by atoms with Gasteiger partial charge < -0.3 is 9.88 Å². The number of nitrogens with zero attached hydrogens (tertiary/aromatic N) is 5. The van der Waals surface area contributed by atoms with Crippen LogP contribution < -0.4 is 5.32 Å². The van der Waals surface area contributed by atoms with Crippen molar-refractivity contribution >= 4 is 33.4 Å². The molecule has 0 bridgehead atoms. The van der Waals surface area contributed by atoms with E-state index >= 15 is 0 Å². The van der Waals surface area contributed by atoms with E-state index in [1.54, 1.807) is 28.6 Å². The van der Waals surface area contributed by atoms with Gasteiger partial charge in [0, 0.05) is 18.8 Å². The van der Waals surface area contributed by atoms with Crippen LogP contribution in [0.2, 0.25) is 0 Å². The monoisotopic (exact) mass is 584 g/mol. The van der Waals surface area contributed by atoms with Crippen molar-refractivity contribution in [3.8, 4) is 0 Å². The van der Waals surface area contributed by atoms with Crippen LogP contribution in [0.25, 0.3) is 0 Å². The third-order valence-electron chi connectivity index (χ3n) is 7.18. The van der Waals surface area contributed by atoms with Gasteiger partial charge in [-0.15, -0.1) is 10.2 Å². The highest BCUT2D eigenvalue weighted by Gasteiger charge is 2.31. The van der Waals surface area contributed by atoms with Crippen molar-refractivity contribution in [2.24, 2.45) is 11.8 Å². The summed E-state index contributed by atoms with van der Waals surface area (Å²) in [6.07, 6.45) is 1.92. The molecular weight excluding hydrogens is 544 g/mol. The smallest absolute Gasteiger partial charge is 0.243 e. The zero-order valence-electron chi connectivity index (χ0n) is 23.9. The second kappa shape index (κ2) is 13.3. The summed E-state index contributed by atoms with van der Waals surface area (Å²) in [6, 6.07) is 16.7. The number of hydrogen-bond acceptors (Lipinski definition) is 7. The minimum Gasteiger partial charge on any atom is -0.325 e. The molecule has 9 nitrogen and oxygen atoms in total. The number of sulfonamides is 1. The average Bonchev–Trinajstić information content (AvgIpc) is 3.29. The van der Waals surface area contributed by atoms with E-state index in [0.29, 0.717) is 42.3 Å². The number of rotatable bonds is 11. The molecule has 3 atom stereocenters. The van der Waals surface area contributed by atoms with Crippen molar-refractivity contribution < 1.29 is 13.2 Å². The van der Waals surface area contributed by atoms with Gasteiger partial charge >= 0.3 is 0 Å². The maximum Gasteiger partial charge on any atom is 0.243 e. The standard InChI is InChI=1S/C29H40N6O3S2/c1-6-26(33(4)5)28-31-32-29(35(28)19-23-10-8-7-9-11-23)39-20-27(36)30-24-12-14-25(15-13-24)40(37,38)34-17-21(2)16-22(3)18-34/h7-15,21-22,26H,6,16-20H2,1-5H3,(H,30,36)/t21-,22-,26+/m0/s1. The normalized spacial score (nSPS) is 19.1. The maximum absolute atomic E-state index is 13.2. The largest absolute Gasteiger partial charge is 0.325 e. The summed E-state index contributed by atoms with van der Waals surface area (Å²) in [5, 5.41) is 12.5. The summed E-state index contributed by atoms with van der Waals surface area (Å²) in [5.41, 5.74) is 1.68. The van der Waals surface area contributed by atoms with Crippen molar-refractivity contribution in [2.75, 3.05) is 38.3 Å². The van der Waals surface area contributed by atoms with E-state index in [0.717, 1.165) is 24.2 Å². The van der Waals surface area contributed by atoms with Gasteiger partial charge in [0.1, 0.15) is 0 Å². The lowest BCUT2D eigenvalue weighted by atomic mass is 9.94. The Morgan fingerprint density at radius 2 is 1.70 bits per heavy atom. The van der Waals surface area contributed by atoms with Crippen LogP contribution in [0, 0.1) is 11.8 Å². The molecule has 1 aliphatic rings. The van der Waals surface area contributed by atoms with Gasteiger partial charge in [-0.25, -0.2) is 8.42 Å². The summed E-state index contributed by atoms with van der Waals surface area (Å²) in [5.74, 6) is 1.48. The molecule has 40 heavy (non-hydrogen) atoms. The van der Waals surface area contributed by atoms with Crippen LogP contribution in [0.4, 0.5) is 5.69 Å².